The Morgan fingerprint density at radius 1 is 1.07 bits per heavy atom. The van der Waals surface area contributed by atoms with E-state index in [9.17, 15) is 14.4 Å². The van der Waals surface area contributed by atoms with Crippen LogP contribution in [0.25, 0.3) is 0 Å². The first-order valence-electron chi connectivity index (χ1n) is 8.88. The third kappa shape index (κ3) is 6.64. The molecule has 5 nitrogen and oxygen atoms in total. The smallest absolute Gasteiger partial charge is 0.325 e. The molecule has 2 aromatic rings. The Morgan fingerprint density at radius 3 is 2.37 bits per heavy atom. The van der Waals surface area contributed by atoms with E-state index in [1.807, 2.05) is 23.6 Å². The minimum Gasteiger partial charge on any atom is -0.464 e. The molecule has 1 aromatic heterocycles. The van der Waals surface area contributed by atoms with Gasteiger partial charge in [-0.1, -0.05) is 39.0 Å². The first kappa shape index (κ1) is 20.8. The Labute approximate surface area is 163 Å². The van der Waals surface area contributed by atoms with Crippen molar-refractivity contribution in [1.82, 2.24) is 5.32 Å². The fraction of sp³-hybridized carbons (Fsp3) is 0.381. The zero-order valence-electron chi connectivity index (χ0n) is 15.9. The summed E-state index contributed by atoms with van der Waals surface area (Å²) in [6, 6.07) is 10.9. The van der Waals surface area contributed by atoms with E-state index in [1.165, 1.54) is 11.3 Å². The van der Waals surface area contributed by atoms with Gasteiger partial charge in [0.15, 0.2) is 5.78 Å². The average Bonchev–Trinajstić information content (AvgIpc) is 3.17. The van der Waals surface area contributed by atoms with Crippen molar-refractivity contribution >= 4 is 29.0 Å². The Bertz CT molecular complexity index is 774. The minimum atomic E-state index is -0.516. The van der Waals surface area contributed by atoms with E-state index in [4.69, 9.17) is 4.74 Å². The van der Waals surface area contributed by atoms with Crippen molar-refractivity contribution in [2.45, 2.75) is 39.0 Å². The van der Waals surface area contributed by atoms with E-state index in [0.29, 0.717) is 23.3 Å². The number of rotatable bonds is 8. The summed E-state index contributed by atoms with van der Waals surface area (Å²) in [6.45, 7) is 6.27. The third-order valence-corrected chi connectivity index (χ3v) is 4.92. The van der Waals surface area contributed by atoms with Crippen molar-refractivity contribution < 1.29 is 19.1 Å². The van der Waals surface area contributed by atoms with Crippen molar-refractivity contribution in [3.8, 4) is 0 Å². The van der Waals surface area contributed by atoms with Crippen LogP contribution in [-0.2, 0) is 14.9 Å². The van der Waals surface area contributed by atoms with E-state index in [0.717, 1.165) is 5.56 Å². The van der Waals surface area contributed by atoms with Crippen LogP contribution in [0.4, 0.5) is 0 Å². The summed E-state index contributed by atoms with van der Waals surface area (Å²) < 4.78 is 5.06. The van der Waals surface area contributed by atoms with Gasteiger partial charge in [-0.05, 0) is 41.0 Å². The highest BCUT2D eigenvalue weighted by molar-refractivity contribution is 7.12. The van der Waals surface area contributed by atoms with Gasteiger partial charge in [0.1, 0.15) is 6.54 Å². The SMILES string of the molecule is CC(C)(C)c1ccc(C(=O)NCC(=O)OCCCC(=O)c2cccs2)cc1. The fourth-order valence-corrected chi connectivity index (χ4v) is 3.10. The largest absolute Gasteiger partial charge is 0.464 e. The summed E-state index contributed by atoms with van der Waals surface area (Å²) in [6.07, 6.45) is 0.797. The van der Waals surface area contributed by atoms with Gasteiger partial charge in [0.2, 0.25) is 0 Å². The van der Waals surface area contributed by atoms with Crippen LogP contribution in [0.15, 0.2) is 41.8 Å². The predicted octanol–water partition coefficient (Wildman–Crippen LogP) is 3.98. The van der Waals surface area contributed by atoms with Crippen molar-refractivity contribution in [3.05, 3.63) is 57.8 Å². The monoisotopic (exact) mass is 387 g/mol. The lowest BCUT2D eigenvalue weighted by Gasteiger charge is -2.19. The van der Waals surface area contributed by atoms with Gasteiger partial charge in [0.25, 0.3) is 5.91 Å². The molecule has 0 aliphatic heterocycles. The maximum Gasteiger partial charge on any atom is 0.325 e. The van der Waals surface area contributed by atoms with Gasteiger partial charge in [-0.25, -0.2) is 0 Å². The first-order chi connectivity index (χ1) is 12.8. The van der Waals surface area contributed by atoms with E-state index < -0.39 is 5.97 Å². The zero-order chi connectivity index (χ0) is 19.9. The molecular weight excluding hydrogens is 362 g/mol. The van der Waals surface area contributed by atoms with Gasteiger partial charge in [0.05, 0.1) is 11.5 Å². The van der Waals surface area contributed by atoms with Crippen LogP contribution in [0.3, 0.4) is 0 Å². The van der Waals surface area contributed by atoms with Gasteiger partial charge < -0.3 is 10.1 Å². The van der Waals surface area contributed by atoms with Crippen molar-refractivity contribution in [3.63, 3.8) is 0 Å². The average molecular weight is 388 g/mol. The van der Waals surface area contributed by atoms with Crippen LogP contribution < -0.4 is 5.32 Å². The second-order valence-corrected chi connectivity index (χ2v) is 8.18. The van der Waals surface area contributed by atoms with Gasteiger partial charge in [-0.15, -0.1) is 11.3 Å². The van der Waals surface area contributed by atoms with Gasteiger partial charge >= 0.3 is 5.97 Å². The quantitative estimate of drug-likeness (QED) is 0.422. The molecule has 2 rings (SSSR count). The number of esters is 1. The summed E-state index contributed by atoms with van der Waals surface area (Å²) in [7, 11) is 0. The third-order valence-electron chi connectivity index (χ3n) is 4.01. The van der Waals surface area contributed by atoms with Crippen LogP contribution in [0, 0.1) is 0 Å². The lowest BCUT2D eigenvalue weighted by molar-refractivity contribution is -0.142. The standard InChI is InChI=1S/C21H25NO4S/c1-21(2,3)16-10-8-15(9-11-16)20(25)22-14-19(24)26-12-4-6-17(23)18-7-5-13-27-18/h5,7-11,13H,4,6,12,14H2,1-3H3,(H,22,25). The number of amides is 1. The molecule has 1 heterocycles. The molecule has 27 heavy (non-hydrogen) atoms. The molecule has 6 heteroatoms. The van der Waals surface area contributed by atoms with Crippen LogP contribution in [0.5, 0.6) is 0 Å². The summed E-state index contributed by atoms with van der Waals surface area (Å²) in [5.41, 5.74) is 1.65. The molecule has 0 bridgehead atoms. The Kier molecular flexibility index (Phi) is 7.30. The number of ketones is 1. The van der Waals surface area contributed by atoms with Gasteiger partial charge in [-0.2, -0.15) is 0 Å². The van der Waals surface area contributed by atoms with Crippen LogP contribution in [-0.4, -0.2) is 30.8 Å². The topological polar surface area (TPSA) is 72.5 Å². The lowest BCUT2D eigenvalue weighted by Crippen LogP contribution is -2.30. The van der Waals surface area contributed by atoms with E-state index in [-0.39, 0.29) is 30.3 Å². The summed E-state index contributed by atoms with van der Waals surface area (Å²) in [4.78, 5) is 36.4. The zero-order valence-corrected chi connectivity index (χ0v) is 16.7. The molecule has 0 unspecified atom stereocenters. The van der Waals surface area contributed by atoms with E-state index in [2.05, 4.69) is 26.1 Å². The number of hydrogen-bond donors (Lipinski definition) is 1. The van der Waals surface area contributed by atoms with Crippen molar-refractivity contribution in [1.29, 1.82) is 0 Å². The molecule has 0 aliphatic rings. The fourth-order valence-electron chi connectivity index (χ4n) is 2.41. The lowest BCUT2D eigenvalue weighted by atomic mass is 9.87. The van der Waals surface area contributed by atoms with Crippen LogP contribution >= 0.6 is 11.3 Å². The number of hydrogen-bond acceptors (Lipinski definition) is 5. The maximum atomic E-state index is 12.1. The van der Waals surface area contributed by atoms with Gasteiger partial charge in [0, 0.05) is 12.0 Å². The Morgan fingerprint density at radius 2 is 1.78 bits per heavy atom. The van der Waals surface area contributed by atoms with E-state index in [1.54, 1.807) is 18.2 Å². The summed E-state index contributed by atoms with van der Waals surface area (Å²) >= 11 is 1.40. The molecule has 0 aliphatic carbocycles. The number of nitrogens with one attached hydrogen (secondary N) is 1. The molecule has 0 saturated carbocycles. The minimum absolute atomic E-state index is 0.0176. The maximum absolute atomic E-state index is 12.1. The molecular formula is C21H25NO4S. The number of carbonyl (C=O) groups excluding carboxylic acids is 3. The highest BCUT2D eigenvalue weighted by Gasteiger charge is 2.15. The van der Waals surface area contributed by atoms with E-state index >= 15 is 0 Å². The molecule has 1 aromatic carbocycles. The molecule has 1 N–H and O–H groups in total. The summed E-state index contributed by atoms with van der Waals surface area (Å²) in [5, 5.41) is 4.40. The number of ether oxygens (including phenoxy) is 1. The molecule has 0 fully saturated rings. The second kappa shape index (κ2) is 9.46. The normalized spacial score (nSPS) is 11.1. The highest BCUT2D eigenvalue weighted by Crippen LogP contribution is 2.22. The Balaban J connectivity index is 1.67. The predicted molar refractivity (Wildman–Crippen MR) is 106 cm³/mol. The number of benzene rings is 1. The molecule has 0 atom stereocenters. The highest BCUT2D eigenvalue weighted by atomic mass is 32.1. The summed E-state index contributed by atoms with van der Waals surface area (Å²) in [5.74, 6) is -0.786. The molecule has 144 valence electrons. The van der Waals surface area contributed by atoms with Crippen molar-refractivity contribution in [2.75, 3.05) is 13.2 Å². The second-order valence-electron chi connectivity index (χ2n) is 7.23. The molecule has 1 amide bonds. The van der Waals surface area contributed by atoms with Crippen LogP contribution in [0.1, 0.15) is 59.2 Å². The van der Waals surface area contributed by atoms with Gasteiger partial charge in [-0.3, -0.25) is 14.4 Å². The molecule has 0 spiro atoms. The number of carbonyl (C=O) groups is 3. The molecule has 0 saturated heterocycles. The number of thiophene rings is 1. The number of Topliss-reactive ketones (excluding diaryl/α,β-unsaturated/α-hetero) is 1. The Hall–Kier alpha value is -2.47. The first-order valence-corrected chi connectivity index (χ1v) is 9.76. The van der Waals surface area contributed by atoms with Crippen LogP contribution in [0.2, 0.25) is 0 Å². The molecule has 0 radical (unpaired) electrons. The van der Waals surface area contributed by atoms with Crippen molar-refractivity contribution in [2.24, 2.45) is 0 Å².